The molecule has 5 rings (SSSR count). The van der Waals surface area contributed by atoms with Crippen molar-refractivity contribution in [2.45, 2.75) is 26.4 Å². The fraction of sp³-hybridized carbons (Fsp3) is 0.312. The van der Waals surface area contributed by atoms with E-state index in [-0.39, 0.29) is 17.2 Å². The lowest BCUT2D eigenvalue weighted by Crippen LogP contribution is -2.38. The summed E-state index contributed by atoms with van der Waals surface area (Å²) in [6.07, 6.45) is 0.793. The first kappa shape index (κ1) is 29.6. The number of rotatable bonds is 6. The Morgan fingerprint density at radius 2 is 1.74 bits per heavy atom. The summed E-state index contributed by atoms with van der Waals surface area (Å²) in [5.41, 5.74) is 2.97. The number of nitrogens with one attached hydrogen (secondary N) is 1. The van der Waals surface area contributed by atoms with Crippen LogP contribution < -0.4 is 19.9 Å². The molecule has 11 nitrogen and oxygen atoms in total. The summed E-state index contributed by atoms with van der Waals surface area (Å²) in [6.45, 7) is 8.09. The molecule has 0 spiro atoms. The van der Waals surface area contributed by atoms with E-state index in [9.17, 15) is 14.4 Å². The van der Waals surface area contributed by atoms with Crippen molar-refractivity contribution in [3.63, 3.8) is 0 Å². The van der Waals surface area contributed by atoms with Gasteiger partial charge in [-0.3, -0.25) is 9.59 Å². The lowest BCUT2D eigenvalue weighted by atomic mass is 10.1. The third kappa shape index (κ3) is 6.31. The van der Waals surface area contributed by atoms with Gasteiger partial charge in [-0.1, -0.05) is 18.2 Å². The van der Waals surface area contributed by atoms with E-state index in [1.807, 2.05) is 24.3 Å². The van der Waals surface area contributed by atoms with Crippen LogP contribution in [0.2, 0.25) is 0 Å². The highest BCUT2D eigenvalue weighted by Crippen LogP contribution is 2.31. The van der Waals surface area contributed by atoms with Crippen LogP contribution in [0.3, 0.4) is 0 Å². The quantitative estimate of drug-likeness (QED) is 0.329. The Balaban J connectivity index is 1.37. The van der Waals surface area contributed by atoms with Crippen LogP contribution in [-0.2, 0) is 9.47 Å². The summed E-state index contributed by atoms with van der Waals surface area (Å²) in [5.74, 6) is -0.464. The maximum Gasteiger partial charge on any atom is 0.420 e. The van der Waals surface area contributed by atoms with Gasteiger partial charge in [-0.25, -0.2) is 14.3 Å². The summed E-state index contributed by atoms with van der Waals surface area (Å²) in [6, 6.07) is 17.6. The molecule has 4 aromatic rings. The van der Waals surface area contributed by atoms with E-state index in [2.05, 4.69) is 15.2 Å². The molecule has 1 aromatic heterocycles. The molecule has 11 heteroatoms. The van der Waals surface area contributed by atoms with Crippen LogP contribution in [0.5, 0.6) is 5.75 Å². The number of hydrogen-bond acceptors (Lipinski definition) is 8. The van der Waals surface area contributed by atoms with Crippen LogP contribution in [0, 0.1) is 0 Å². The average Bonchev–Trinajstić information content (AvgIpc) is 3.45. The second-order valence-corrected chi connectivity index (χ2v) is 11.1. The van der Waals surface area contributed by atoms with E-state index >= 15 is 0 Å². The second-order valence-electron chi connectivity index (χ2n) is 11.1. The number of nitrogens with zero attached hydrogens (tertiary/aromatic N) is 4. The lowest BCUT2D eigenvalue weighted by Gasteiger charge is -2.32. The number of benzene rings is 3. The molecule has 0 saturated carbocycles. The fourth-order valence-electron chi connectivity index (χ4n) is 4.92. The number of fused-ring (bicyclic) bond motifs is 1. The number of hydrogen-bond donors (Lipinski definition) is 1. The van der Waals surface area contributed by atoms with Crippen molar-refractivity contribution >= 4 is 46.0 Å². The largest absolute Gasteiger partial charge is 0.496 e. The van der Waals surface area contributed by atoms with E-state index in [0.717, 1.165) is 24.5 Å². The molecule has 0 atom stereocenters. The van der Waals surface area contributed by atoms with Crippen LogP contribution in [0.1, 0.15) is 41.5 Å². The van der Waals surface area contributed by atoms with Gasteiger partial charge in [0, 0.05) is 25.7 Å². The van der Waals surface area contributed by atoms with Gasteiger partial charge in [0.15, 0.2) is 0 Å². The van der Waals surface area contributed by atoms with E-state index in [1.54, 1.807) is 69.1 Å². The molecule has 0 unspecified atom stereocenters. The van der Waals surface area contributed by atoms with Crippen LogP contribution in [-0.4, -0.2) is 73.5 Å². The minimum atomic E-state index is -0.676. The van der Waals surface area contributed by atoms with Gasteiger partial charge in [-0.05, 0) is 63.2 Å². The van der Waals surface area contributed by atoms with Crippen molar-refractivity contribution in [1.82, 2.24) is 9.55 Å². The SMILES string of the molecule is COc1cc(C(=O)N(C)c2ccccc2N2CCOCC2)ccc1C(=O)Nc1cccc2c1ncn2C(=O)OC(C)(C)C. The summed E-state index contributed by atoms with van der Waals surface area (Å²) in [5, 5.41) is 2.86. The highest BCUT2D eigenvalue weighted by Gasteiger charge is 2.24. The van der Waals surface area contributed by atoms with Crippen LogP contribution >= 0.6 is 0 Å². The van der Waals surface area contributed by atoms with Crippen molar-refractivity contribution in [3.8, 4) is 5.75 Å². The number of carbonyl (C=O) groups is 3. The number of amides is 2. The first-order valence-electron chi connectivity index (χ1n) is 14.0. The van der Waals surface area contributed by atoms with E-state index < -0.39 is 17.6 Å². The molecule has 1 aliphatic heterocycles. The molecular weight excluding hydrogens is 550 g/mol. The smallest absolute Gasteiger partial charge is 0.420 e. The molecule has 1 saturated heterocycles. The molecule has 0 radical (unpaired) electrons. The molecule has 43 heavy (non-hydrogen) atoms. The van der Waals surface area contributed by atoms with Crippen molar-refractivity contribution in [2.75, 3.05) is 55.6 Å². The minimum Gasteiger partial charge on any atom is -0.496 e. The number of morpholine rings is 1. The standard InChI is InChI=1S/C32H35N5O6/c1-32(2,3)43-31(40)37-20-33-28-23(9-8-12-26(28)37)34-29(38)22-14-13-21(19-27(22)41-5)30(39)35(4)24-10-6-7-11-25(24)36-15-17-42-18-16-36/h6-14,19-20H,15-18H2,1-5H3,(H,34,38). The molecule has 3 aromatic carbocycles. The van der Waals surface area contributed by atoms with Gasteiger partial charge in [-0.2, -0.15) is 0 Å². The third-order valence-corrected chi connectivity index (χ3v) is 7.01. The third-order valence-electron chi connectivity index (χ3n) is 7.01. The second kappa shape index (κ2) is 12.1. The summed E-state index contributed by atoms with van der Waals surface area (Å²) < 4.78 is 17.8. The maximum absolute atomic E-state index is 13.6. The van der Waals surface area contributed by atoms with Gasteiger partial charge < -0.3 is 29.3 Å². The average molecular weight is 586 g/mol. The minimum absolute atomic E-state index is 0.235. The number of imidazole rings is 1. The topological polar surface area (TPSA) is 115 Å². The summed E-state index contributed by atoms with van der Waals surface area (Å²) in [4.78, 5) is 47.8. The Bertz CT molecular complexity index is 1670. The van der Waals surface area contributed by atoms with Gasteiger partial charge in [0.2, 0.25) is 0 Å². The first-order valence-corrected chi connectivity index (χ1v) is 14.0. The van der Waals surface area contributed by atoms with Crippen LogP contribution in [0.25, 0.3) is 11.0 Å². The number of carbonyl (C=O) groups excluding carboxylic acids is 3. The van der Waals surface area contributed by atoms with Gasteiger partial charge in [-0.15, -0.1) is 0 Å². The Hall–Kier alpha value is -4.90. The van der Waals surface area contributed by atoms with Crippen LogP contribution in [0.4, 0.5) is 21.9 Å². The first-order chi connectivity index (χ1) is 20.6. The number of anilines is 3. The van der Waals surface area contributed by atoms with Crippen LogP contribution in [0.15, 0.2) is 67.0 Å². The predicted molar refractivity (Wildman–Crippen MR) is 165 cm³/mol. The molecule has 0 bridgehead atoms. The molecule has 0 aliphatic carbocycles. The van der Waals surface area contributed by atoms with Gasteiger partial charge in [0.1, 0.15) is 23.2 Å². The number of ether oxygens (including phenoxy) is 3. The Morgan fingerprint density at radius 1 is 1.00 bits per heavy atom. The Labute approximate surface area is 249 Å². The molecule has 224 valence electrons. The number of aromatic nitrogens is 2. The summed E-state index contributed by atoms with van der Waals surface area (Å²) >= 11 is 0. The Kier molecular flexibility index (Phi) is 8.36. The molecule has 2 amide bonds. The van der Waals surface area contributed by atoms with E-state index in [1.165, 1.54) is 18.0 Å². The van der Waals surface area contributed by atoms with Gasteiger partial charge in [0.05, 0.1) is 48.5 Å². The van der Waals surface area contributed by atoms with Crippen molar-refractivity contribution in [1.29, 1.82) is 0 Å². The monoisotopic (exact) mass is 585 g/mol. The predicted octanol–water partition coefficient (Wildman–Crippen LogP) is 5.19. The number of methoxy groups -OCH3 is 1. The van der Waals surface area contributed by atoms with E-state index in [0.29, 0.717) is 35.5 Å². The zero-order valence-electron chi connectivity index (χ0n) is 24.9. The van der Waals surface area contributed by atoms with Gasteiger partial charge >= 0.3 is 6.09 Å². The zero-order valence-corrected chi connectivity index (χ0v) is 24.9. The van der Waals surface area contributed by atoms with Crippen molar-refractivity contribution in [2.24, 2.45) is 0 Å². The zero-order chi connectivity index (χ0) is 30.7. The molecule has 1 N–H and O–H groups in total. The van der Waals surface area contributed by atoms with E-state index in [4.69, 9.17) is 14.2 Å². The molecular formula is C32H35N5O6. The fourth-order valence-corrected chi connectivity index (χ4v) is 4.92. The normalized spacial score (nSPS) is 13.5. The van der Waals surface area contributed by atoms with Gasteiger partial charge in [0.25, 0.3) is 11.8 Å². The van der Waals surface area contributed by atoms with Crippen molar-refractivity contribution in [3.05, 3.63) is 78.1 Å². The highest BCUT2D eigenvalue weighted by molar-refractivity contribution is 6.12. The maximum atomic E-state index is 13.6. The number of para-hydroxylation sites is 3. The lowest BCUT2D eigenvalue weighted by molar-refractivity contribution is 0.0543. The Morgan fingerprint density at radius 3 is 2.47 bits per heavy atom. The van der Waals surface area contributed by atoms with Crippen molar-refractivity contribution < 1.29 is 28.6 Å². The molecule has 2 heterocycles. The molecule has 1 aliphatic rings. The summed E-state index contributed by atoms with van der Waals surface area (Å²) in [7, 11) is 3.17. The highest BCUT2D eigenvalue weighted by atomic mass is 16.6. The molecule has 1 fully saturated rings.